The summed E-state index contributed by atoms with van der Waals surface area (Å²) in [7, 11) is 0. The van der Waals surface area contributed by atoms with Crippen LogP contribution in [0.5, 0.6) is 0 Å². The summed E-state index contributed by atoms with van der Waals surface area (Å²) in [5.74, 6) is -1.00. The molecule has 16 heavy (non-hydrogen) atoms. The van der Waals surface area contributed by atoms with Crippen molar-refractivity contribution in [3.8, 4) is 0 Å². The predicted molar refractivity (Wildman–Crippen MR) is 62.0 cm³/mol. The van der Waals surface area contributed by atoms with E-state index in [0.29, 0.717) is 12.1 Å². The molecule has 6 N–H and O–H groups in total. The number of nitrogens with one attached hydrogen (secondary N) is 1. The van der Waals surface area contributed by atoms with Crippen LogP contribution in [0.2, 0.25) is 0 Å². The first-order valence-electron chi connectivity index (χ1n) is 4.92. The summed E-state index contributed by atoms with van der Waals surface area (Å²) in [5, 5.41) is 9.68. The quantitative estimate of drug-likeness (QED) is 0.570. The van der Waals surface area contributed by atoms with Gasteiger partial charge in [-0.15, -0.1) is 0 Å². The van der Waals surface area contributed by atoms with E-state index in [1.165, 1.54) is 0 Å². The number of anilines is 1. The number of aliphatic carboxylic acids is 1. The summed E-state index contributed by atoms with van der Waals surface area (Å²) >= 11 is 0. The highest BCUT2D eigenvalue weighted by Crippen LogP contribution is 2.23. The zero-order valence-electron chi connectivity index (χ0n) is 8.60. The molecule has 0 radical (unpaired) electrons. The van der Waals surface area contributed by atoms with Crippen LogP contribution in [-0.2, 0) is 11.2 Å². The Morgan fingerprint density at radius 1 is 1.50 bits per heavy atom. The number of carboxylic acids is 1. The summed E-state index contributed by atoms with van der Waals surface area (Å²) in [4.78, 5) is 13.7. The lowest BCUT2D eigenvalue weighted by Gasteiger charge is -2.04. The molecular weight excluding hydrogens is 206 g/mol. The fourth-order valence-corrected chi connectivity index (χ4v) is 1.73. The van der Waals surface area contributed by atoms with Crippen molar-refractivity contribution in [1.82, 2.24) is 4.98 Å². The van der Waals surface area contributed by atoms with Gasteiger partial charge in [0, 0.05) is 18.0 Å². The number of carboxylic acid groups (broad SMARTS) is 1. The molecule has 1 unspecified atom stereocenters. The second kappa shape index (κ2) is 3.86. The van der Waals surface area contributed by atoms with E-state index in [1.54, 1.807) is 12.3 Å². The first kappa shape index (κ1) is 10.5. The Hall–Kier alpha value is -2.01. The number of carbonyl (C=O) groups is 1. The van der Waals surface area contributed by atoms with Crippen molar-refractivity contribution in [3.05, 3.63) is 30.0 Å². The average molecular weight is 219 g/mol. The molecule has 2 aromatic rings. The van der Waals surface area contributed by atoms with Crippen LogP contribution in [0.15, 0.2) is 24.4 Å². The van der Waals surface area contributed by atoms with Crippen LogP contribution >= 0.6 is 0 Å². The Labute approximate surface area is 92.1 Å². The Kier molecular flexibility index (Phi) is 2.54. The Balaban J connectivity index is 2.39. The minimum absolute atomic E-state index is 0.290. The van der Waals surface area contributed by atoms with E-state index in [1.807, 2.05) is 12.1 Å². The van der Waals surface area contributed by atoms with E-state index < -0.39 is 12.0 Å². The molecule has 84 valence electrons. The molecule has 2 rings (SSSR count). The molecule has 0 aliphatic heterocycles. The lowest BCUT2D eigenvalue weighted by atomic mass is 10.1. The molecule has 1 aromatic heterocycles. The van der Waals surface area contributed by atoms with Gasteiger partial charge in [-0.25, -0.2) is 0 Å². The van der Waals surface area contributed by atoms with E-state index in [9.17, 15) is 4.79 Å². The normalized spacial score (nSPS) is 12.8. The maximum Gasteiger partial charge on any atom is 0.320 e. The Bertz CT molecular complexity index is 533. The molecule has 0 aliphatic rings. The van der Waals surface area contributed by atoms with E-state index >= 15 is 0 Å². The maximum atomic E-state index is 10.7. The molecule has 0 fully saturated rings. The van der Waals surface area contributed by atoms with Gasteiger partial charge in [0.2, 0.25) is 0 Å². The zero-order valence-corrected chi connectivity index (χ0v) is 8.60. The van der Waals surface area contributed by atoms with Crippen molar-refractivity contribution in [3.63, 3.8) is 0 Å². The topological polar surface area (TPSA) is 105 Å². The van der Waals surface area contributed by atoms with Gasteiger partial charge >= 0.3 is 5.97 Å². The number of hydrogen-bond acceptors (Lipinski definition) is 3. The van der Waals surface area contributed by atoms with Crippen LogP contribution in [0.4, 0.5) is 5.69 Å². The van der Waals surface area contributed by atoms with E-state index in [0.717, 1.165) is 16.5 Å². The number of rotatable bonds is 3. The Morgan fingerprint density at radius 3 is 2.94 bits per heavy atom. The van der Waals surface area contributed by atoms with Crippen LogP contribution in [0.25, 0.3) is 10.9 Å². The van der Waals surface area contributed by atoms with Gasteiger partial charge in [-0.05, 0) is 11.6 Å². The second-order valence-corrected chi connectivity index (χ2v) is 3.73. The molecule has 5 nitrogen and oxygen atoms in total. The van der Waals surface area contributed by atoms with Gasteiger partial charge in [0.15, 0.2) is 0 Å². The van der Waals surface area contributed by atoms with Gasteiger partial charge in [-0.3, -0.25) is 4.79 Å². The number of para-hydroxylation sites is 1. The highest BCUT2D eigenvalue weighted by atomic mass is 16.4. The standard InChI is InChI=1S/C11H13N3O2/c12-8-3-1-2-7-6(5-14-10(7)8)4-9(13)11(15)16/h1-3,5,9,14H,4,12-13H2,(H,15,16). The molecule has 0 bridgehead atoms. The number of hydrogen-bond donors (Lipinski definition) is 4. The van der Waals surface area contributed by atoms with Gasteiger partial charge in [0.25, 0.3) is 0 Å². The summed E-state index contributed by atoms with van der Waals surface area (Å²) < 4.78 is 0. The van der Waals surface area contributed by atoms with Crippen molar-refractivity contribution in [2.45, 2.75) is 12.5 Å². The van der Waals surface area contributed by atoms with Gasteiger partial charge < -0.3 is 21.6 Å². The van der Waals surface area contributed by atoms with Crippen LogP contribution < -0.4 is 11.5 Å². The second-order valence-electron chi connectivity index (χ2n) is 3.73. The van der Waals surface area contributed by atoms with Crippen molar-refractivity contribution in [1.29, 1.82) is 0 Å². The fourth-order valence-electron chi connectivity index (χ4n) is 1.73. The van der Waals surface area contributed by atoms with Crippen molar-refractivity contribution < 1.29 is 9.90 Å². The molecule has 1 heterocycles. The third-order valence-corrected chi connectivity index (χ3v) is 2.59. The van der Waals surface area contributed by atoms with Gasteiger partial charge in [-0.1, -0.05) is 12.1 Å². The average Bonchev–Trinajstić information content (AvgIpc) is 2.63. The highest BCUT2D eigenvalue weighted by Gasteiger charge is 2.15. The number of fused-ring (bicyclic) bond motifs is 1. The predicted octanol–water partition coefficient (Wildman–Crippen LogP) is 0.704. The minimum atomic E-state index is -1.00. The molecule has 0 saturated carbocycles. The number of aromatic amines is 1. The Morgan fingerprint density at radius 2 is 2.25 bits per heavy atom. The maximum absolute atomic E-state index is 10.7. The SMILES string of the molecule is Nc1cccc2c(CC(N)C(=O)O)c[nH]c12. The summed E-state index contributed by atoms with van der Waals surface area (Å²) in [6.45, 7) is 0. The van der Waals surface area contributed by atoms with Gasteiger partial charge in [0.05, 0.1) is 11.2 Å². The molecular formula is C11H13N3O2. The number of benzene rings is 1. The smallest absolute Gasteiger partial charge is 0.320 e. The molecule has 0 amide bonds. The fraction of sp³-hybridized carbons (Fsp3) is 0.182. The first-order valence-corrected chi connectivity index (χ1v) is 4.92. The zero-order chi connectivity index (χ0) is 11.7. The third kappa shape index (κ3) is 1.72. The number of nitrogen functional groups attached to an aromatic ring is 1. The molecule has 0 spiro atoms. The molecule has 0 aliphatic carbocycles. The van der Waals surface area contributed by atoms with E-state index in [2.05, 4.69) is 4.98 Å². The monoisotopic (exact) mass is 219 g/mol. The van der Waals surface area contributed by atoms with E-state index in [-0.39, 0.29) is 0 Å². The summed E-state index contributed by atoms with van der Waals surface area (Å²) in [6.07, 6.45) is 2.04. The third-order valence-electron chi connectivity index (χ3n) is 2.59. The highest BCUT2D eigenvalue weighted by molar-refractivity contribution is 5.92. The van der Waals surface area contributed by atoms with E-state index in [4.69, 9.17) is 16.6 Å². The number of nitrogens with two attached hydrogens (primary N) is 2. The number of aromatic nitrogens is 1. The van der Waals surface area contributed by atoms with Crippen molar-refractivity contribution >= 4 is 22.6 Å². The summed E-state index contributed by atoms with van der Waals surface area (Å²) in [6, 6.07) is 4.63. The van der Waals surface area contributed by atoms with Crippen LogP contribution in [0.1, 0.15) is 5.56 Å². The van der Waals surface area contributed by atoms with Crippen molar-refractivity contribution in [2.75, 3.05) is 5.73 Å². The lowest BCUT2D eigenvalue weighted by Crippen LogP contribution is -2.32. The molecule has 1 atom stereocenters. The van der Waals surface area contributed by atoms with Crippen LogP contribution in [-0.4, -0.2) is 22.1 Å². The lowest BCUT2D eigenvalue weighted by molar-refractivity contribution is -0.138. The first-order chi connectivity index (χ1) is 7.59. The van der Waals surface area contributed by atoms with Crippen LogP contribution in [0, 0.1) is 0 Å². The van der Waals surface area contributed by atoms with Gasteiger partial charge in [0.1, 0.15) is 6.04 Å². The number of H-pyrrole nitrogens is 1. The van der Waals surface area contributed by atoms with Crippen LogP contribution in [0.3, 0.4) is 0 Å². The minimum Gasteiger partial charge on any atom is -0.480 e. The van der Waals surface area contributed by atoms with Crippen molar-refractivity contribution in [2.24, 2.45) is 5.73 Å². The van der Waals surface area contributed by atoms with Gasteiger partial charge in [-0.2, -0.15) is 0 Å². The molecule has 0 saturated heterocycles. The molecule has 5 heteroatoms. The summed E-state index contributed by atoms with van der Waals surface area (Å²) in [5.41, 5.74) is 13.6. The largest absolute Gasteiger partial charge is 0.480 e. The molecule has 1 aromatic carbocycles.